The highest BCUT2D eigenvalue weighted by Crippen LogP contribution is 2.22. The van der Waals surface area contributed by atoms with Crippen molar-refractivity contribution in [3.05, 3.63) is 63.1 Å². The van der Waals surface area contributed by atoms with Crippen LogP contribution in [-0.4, -0.2) is 33.3 Å². The quantitative estimate of drug-likeness (QED) is 0.565. The number of halogens is 2. The van der Waals surface area contributed by atoms with E-state index in [1.807, 2.05) is 19.9 Å². The molecule has 144 valence electrons. The van der Waals surface area contributed by atoms with Gasteiger partial charge in [-0.3, -0.25) is 9.10 Å². The van der Waals surface area contributed by atoms with Crippen LogP contribution in [0, 0.1) is 13.8 Å². The fourth-order valence-electron chi connectivity index (χ4n) is 2.46. The second-order valence-corrected chi connectivity index (χ2v) is 8.77. The molecule has 0 unspecified atom stereocenters. The third-order valence-corrected chi connectivity index (χ3v) is 5.36. The van der Waals surface area contributed by atoms with Crippen molar-refractivity contribution in [3.63, 3.8) is 0 Å². The minimum Gasteiger partial charge on any atom is -0.271 e. The van der Waals surface area contributed by atoms with E-state index >= 15 is 0 Å². The molecule has 0 aliphatic carbocycles. The zero-order chi connectivity index (χ0) is 20.2. The van der Waals surface area contributed by atoms with Gasteiger partial charge < -0.3 is 0 Å². The van der Waals surface area contributed by atoms with Gasteiger partial charge in [0.05, 0.1) is 28.2 Å². The van der Waals surface area contributed by atoms with Crippen LogP contribution in [0.2, 0.25) is 10.0 Å². The van der Waals surface area contributed by atoms with Crippen LogP contribution in [0.1, 0.15) is 16.7 Å². The molecule has 0 saturated carbocycles. The monoisotopic (exact) mass is 427 g/mol. The largest absolute Gasteiger partial charge is 0.271 e. The summed E-state index contributed by atoms with van der Waals surface area (Å²) in [4.78, 5) is 12.2. The summed E-state index contributed by atoms with van der Waals surface area (Å²) in [7, 11) is -3.66. The number of aryl methyl sites for hydroxylation is 2. The molecule has 2 aromatic carbocycles. The summed E-state index contributed by atoms with van der Waals surface area (Å²) in [6.45, 7) is 3.30. The number of rotatable bonds is 6. The van der Waals surface area contributed by atoms with E-state index in [1.165, 1.54) is 6.21 Å². The maximum absolute atomic E-state index is 12.2. The minimum absolute atomic E-state index is 0.383. The molecule has 0 aliphatic rings. The fraction of sp³-hybridized carbons (Fsp3) is 0.222. The van der Waals surface area contributed by atoms with E-state index < -0.39 is 22.5 Å². The molecule has 2 rings (SSSR count). The van der Waals surface area contributed by atoms with Gasteiger partial charge in [-0.2, -0.15) is 5.10 Å². The van der Waals surface area contributed by atoms with Crippen molar-refractivity contribution in [1.82, 2.24) is 5.43 Å². The smallest absolute Gasteiger partial charge is 0.260 e. The molecule has 9 heteroatoms. The van der Waals surface area contributed by atoms with Crippen LogP contribution in [0.4, 0.5) is 5.69 Å². The first kappa shape index (κ1) is 21.2. The third-order valence-electron chi connectivity index (χ3n) is 3.56. The van der Waals surface area contributed by atoms with Crippen molar-refractivity contribution in [2.45, 2.75) is 13.8 Å². The molecule has 0 spiro atoms. The molecule has 0 aliphatic heterocycles. The van der Waals surface area contributed by atoms with Gasteiger partial charge in [0.1, 0.15) is 6.54 Å². The number of carbonyl (C=O) groups excluding carboxylic acids is 1. The lowest BCUT2D eigenvalue weighted by molar-refractivity contribution is -0.119. The summed E-state index contributed by atoms with van der Waals surface area (Å²) in [6.07, 6.45) is 2.36. The second kappa shape index (κ2) is 8.73. The highest BCUT2D eigenvalue weighted by molar-refractivity contribution is 7.92. The molecule has 1 N–H and O–H groups in total. The Balaban J connectivity index is 2.16. The summed E-state index contributed by atoms with van der Waals surface area (Å²) in [5.41, 5.74) is 4.96. The van der Waals surface area contributed by atoms with Gasteiger partial charge in [0.15, 0.2) is 0 Å². The molecule has 0 radical (unpaired) electrons. The van der Waals surface area contributed by atoms with Crippen molar-refractivity contribution in [2.75, 3.05) is 17.1 Å². The number of amides is 1. The molecule has 0 bridgehead atoms. The Morgan fingerprint density at radius 1 is 1.15 bits per heavy atom. The summed E-state index contributed by atoms with van der Waals surface area (Å²) in [5.74, 6) is -0.598. The third kappa shape index (κ3) is 5.95. The van der Waals surface area contributed by atoms with E-state index in [0.717, 1.165) is 21.7 Å². The number of hydrazone groups is 1. The Morgan fingerprint density at radius 2 is 1.70 bits per heavy atom. The van der Waals surface area contributed by atoms with E-state index in [-0.39, 0.29) is 0 Å². The minimum atomic E-state index is -3.66. The predicted molar refractivity (Wildman–Crippen MR) is 110 cm³/mol. The Kier molecular flexibility index (Phi) is 6.86. The van der Waals surface area contributed by atoms with Crippen LogP contribution < -0.4 is 9.73 Å². The Morgan fingerprint density at radius 3 is 2.22 bits per heavy atom. The number of anilines is 1. The SMILES string of the molecule is Cc1cc(C)cc(N(CC(=O)N/N=C\c2c(Cl)cccc2Cl)S(C)(=O)=O)c1. The summed E-state index contributed by atoms with van der Waals surface area (Å²) < 4.78 is 25.3. The molecular formula is C18H19Cl2N3O3S. The summed E-state index contributed by atoms with van der Waals surface area (Å²) >= 11 is 12.0. The lowest BCUT2D eigenvalue weighted by Crippen LogP contribution is -2.39. The van der Waals surface area contributed by atoms with Gasteiger partial charge in [-0.05, 0) is 49.2 Å². The van der Waals surface area contributed by atoms with Crippen LogP contribution in [0.3, 0.4) is 0 Å². The lowest BCUT2D eigenvalue weighted by atomic mass is 10.1. The lowest BCUT2D eigenvalue weighted by Gasteiger charge is -2.22. The zero-order valence-electron chi connectivity index (χ0n) is 15.0. The van der Waals surface area contributed by atoms with E-state index in [2.05, 4.69) is 10.5 Å². The van der Waals surface area contributed by atoms with Crippen molar-refractivity contribution in [1.29, 1.82) is 0 Å². The van der Waals surface area contributed by atoms with E-state index in [4.69, 9.17) is 23.2 Å². The first-order chi connectivity index (χ1) is 12.6. The highest BCUT2D eigenvalue weighted by Gasteiger charge is 2.21. The molecule has 0 atom stereocenters. The van der Waals surface area contributed by atoms with E-state index in [9.17, 15) is 13.2 Å². The van der Waals surface area contributed by atoms with Gasteiger partial charge in [0.25, 0.3) is 5.91 Å². The molecule has 0 heterocycles. The number of carbonyl (C=O) groups is 1. The fourth-order valence-corrected chi connectivity index (χ4v) is 3.80. The molecule has 27 heavy (non-hydrogen) atoms. The molecule has 0 saturated heterocycles. The zero-order valence-corrected chi connectivity index (χ0v) is 17.4. The maximum atomic E-state index is 12.2. The van der Waals surface area contributed by atoms with Gasteiger partial charge in [-0.1, -0.05) is 35.3 Å². The highest BCUT2D eigenvalue weighted by atomic mass is 35.5. The normalized spacial score (nSPS) is 11.6. The average molecular weight is 428 g/mol. The molecule has 6 nitrogen and oxygen atoms in total. The van der Waals surface area contributed by atoms with Gasteiger partial charge >= 0.3 is 0 Å². The first-order valence-corrected chi connectivity index (χ1v) is 10.5. The Labute approximate surface area is 168 Å². The molecular weight excluding hydrogens is 409 g/mol. The van der Waals surface area contributed by atoms with Crippen LogP contribution in [0.25, 0.3) is 0 Å². The second-order valence-electron chi connectivity index (χ2n) is 6.04. The van der Waals surface area contributed by atoms with Gasteiger partial charge in [-0.15, -0.1) is 0 Å². The molecule has 2 aromatic rings. The van der Waals surface area contributed by atoms with Crippen molar-refractivity contribution in [3.8, 4) is 0 Å². The number of nitrogens with zero attached hydrogens (tertiary/aromatic N) is 2. The van der Waals surface area contributed by atoms with Gasteiger partial charge in [-0.25, -0.2) is 13.8 Å². The Hall–Kier alpha value is -2.09. The number of benzene rings is 2. The maximum Gasteiger partial charge on any atom is 0.260 e. The Bertz CT molecular complexity index is 951. The summed E-state index contributed by atoms with van der Waals surface area (Å²) in [5, 5.41) is 4.58. The standard InChI is InChI=1S/C18H19Cl2N3O3S/c1-12-7-13(2)9-14(8-12)23(27(3,25)26)11-18(24)22-21-10-15-16(19)5-4-6-17(15)20/h4-10H,11H2,1-3H3,(H,22,24)/b21-10-. The van der Waals surface area contributed by atoms with Crippen LogP contribution >= 0.6 is 23.2 Å². The summed E-state index contributed by atoms with van der Waals surface area (Å²) in [6, 6.07) is 10.3. The van der Waals surface area contributed by atoms with Crippen molar-refractivity contribution >= 4 is 51.0 Å². The average Bonchev–Trinajstić information content (AvgIpc) is 2.53. The molecule has 1 amide bonds. The topological polar surface area (TPSA) is 78.8 Å². The van der Waals surface area contributed by atoms with Crippen molar-refractivity contribution in [2.24, 2.45) is 5.10 Å². The van der Waals surface area contributed by atoms with Gasteiger partial charge in [0, 0.05) is 5.56 Å². The van der Waals surface area contributed by atoms with Crippen LogP contribution in [0.5, 0.6) is 0 Å². The van der Waals surface area contributed by atoms with Crippen LogP contribution in [0.15, 0.2) is 41.5 Å². The van der Waals surface area contributed by atoms with E-state index in [0.29, 0.717) is 21.3 Å². The van der Waals surface area contributed by atoms with E-state index in [1.54, 1.807) is 30.3 Å². The number of sulfonamides is 1. The van der Waals surface area contributed by atoms with Crippen molar-refractivity contribution < 1.29 is 13.2 Å². The number of hydrogen-bond donors (Lipinski definition) is 1. The number of nitrogens with one attached hydrogen (secondary N) is 1. The predicted octanol–water partition coefficient (Wildman–Crippen LogP) is 3.53. The van der Waals surface area contributed by atoms with Crippen LogP contribution in [-0.2, 0) is 14.8 Å². The number of hydrogen-bond acceptors (Lipinski definition) is 4. The first-order valence-electron chi connectivity index (χ1n) is 7.90. The molecule has 0 aromatic heterocycles. The molecule has 0 fully saturated rings. The van der Waals surface area contributed by atoms with Gasteiger partial charge in [0.2, 0.25) is 10.0 Å².